The van der Waals surface area contributed by atoms with Crippen LogP contribution in [0.3, 0.4) is 0 Å². The third-order valence-corrected chi connectivity index (χ3v) is 3.72. The molecule has 1 atom stereocenters. The van der Waals surface area contributed by atoms with E-state index in [1.807, 2.05) is 13.8 Å². The predicted octanol–water partition coefficient (Wildman–Crippen LogP) is 1.48. The Hall–Kier alpha value is -2.15. The molecule has 1 amide bonds. The zero-order valence-electron chi connectivity index (χ0n) is 12.1. The van der Waals surface area contributed by atoms with E-state index in [0.717, 1.165) is 23.4 Å². The molecule has 2 aromatic rings. The number of amides is 1. The van der Waals surface area contributed by atoms with Crippen molar-refractivity contribution in [2.75, 3.05) is 19.8 Å². The number of aryl methyl sites for hydroxylation is 2. The normalized spacial score (nSPS) is 19.0. The summed E-state index contributed by atoms with van der Waals surface area (Å²) >= 11 is 0. The van der Waals surface area contributed by atoms with Crippen LogP contribution in [0.5, 0.6) is 0 Å². The first-order chi connectivity index (χ1) is 10.2. The van der Waals surface area contributed by atoms with Crippen LogP contribution < -0.4 is 0 Å². The van der Waals surface area contributed by atoms with Crippen molar-refractivity contribution in [3.8, 4) is 0 Å². The summed E-state index contributed by atoms with van der Waals surface area (Å²) in [5.41, 5.74) is 2.69. The number of hydrogen-bond acceptors (Lipinski definition) is 5. The van der Waals surface area contributed by atoms with Crippen LogP contribution in [0.1, 0.15) is 40.5 Å². The third kappa shape index (κ3) is 2.56. The number of aromatic amines is 1. The van der Waals surface area contributed by atoms with Gasteiger partial charge < -0.3 is 14.2 Å². The highest BCUT2D eigenvalue weighted by Crippen LogP contribution is 2.26. The van der Waals surface area contributed by atoms with Gasteiger partial charge in [0.25, 0.3) is 5.91 Å². The van der Waals surface area contributed by atoms with Gasteiger partial charge in [0.05, 0.1) is 36.8 Å². The fraction of sp³-hybridized carbons (Fsp3) is 0.500. The van der Waals surface area contributed by atoms with Crippen molar-refractivity contribution in [3.63, 3.8) is 0 Å². The molecule has 3 heterocycles. The Morgan fingerprint density at radius 3 is 3.10 bits per heavy atom. The van der Waals surface area contributed by atoms with E-state index in [4.69, 9.17) is 9.26 Å². The Labute approximate surface area is 122 Å². The first-order valence-electron chi connectivity index (χ1n) is 7.05. The molecule has 0 spiro atoms. The van der Waals surface area contributed by atoms with Gasteiger partial charge in [-0.1, -0.05) is 12.1 Å². The molecule has 0 aromatic carbocycles. The highest BCUT2D eigenvalue weighted by molar-refractivity contribution is 5.91. The number of H-pyrrole nitrogens is 1. The summed E-state index contributed by atoms with van der Waals surface area (Å²) < 4.78 is 10.7. The fourth-order valence-corrected chi connectivity index (χ4v) is 2.50. The smallest absolute Gasteiger partial charge is 0.293 e. The molecule has 0 unspecified atom stereocenters. The molecule has 7 heteroatoms. The van der Waals surface area contributed by atoms with Crippen LogP contribution in [-0.2, 0) is 11.2 Å². The van der Waals surface area contributed by atoms with E-state index in [1.165, 1.54) is 0 Å². The first-order valence-corrected chi connectivity index (χ1v) is 7.05. The summed E-state index contributed by atoms with van der Waals surface area (Å²) in [6.07, 6.45) is 2.49. The van der Waals surface area contributed by atoms with Crippen molar-refractivity contribution in [2.45, 2.75) is 26.3 Å². The molecule has 1 fully saturated rings. The van der Waals surface area contributed by atoms with Gasteiger partial charge in [0.2, 0.25) is 5.76 Å². The van der Waals surface area contributed by atoms with E-state index in [9.17, 15) is 4.79 Å². The van der Waals surface area contributed by atoms with E-state index in [2.05, 4.69) is 15.4 Å². The third-order valence-electron chi connectivity index (χ3n) is 3.72. The van der Waals surface area contributed by atoms with Gasteiger partial charge in [-0.3, -0.25) is 9.89 Å². The molecule has 0 aliphatic carbocycles. The molecular weight excluding hydrogens is 272 g/mol. The molecule has 1 aliphatic heterocycles. The standard InChI is InChI=1S/C14H18N4O3/c1-3-10-6-12(21-17-10)14(19)18-4-5-20-8-11(18)13-9(2)7-15-16-13/h6-7,11H,3-5,8H2,1-2H3,(H,15,16)/t11-/m0/s1. The molecule has 21 heavy (non-hydrogen) atoms. The molecular formula is C14H18N4O3. The zero-order chi connectivity index (χ0) is 14.8. The van der Waals surface area contributed by atoms with E-state index in [0.29, 0.717) is 19.8 Å². The van der Waals surface area contributed by atoms with Crippen LogP contribution >= 0.6 is 0 Å². The molecule has 1 saturated heterocycles. The van der Waals surface area contributed by atoms with Gasteiger partial charge in [-0.25, -0.2) is 0 Å². The maximum atomic E-state index is 12.6. The van der Waals surface area contributed by atoms with E-state index < -0.39 is 0 Å². The highest BCUT2D eigenvalue weighted by Gasteiger charge is 2.33. The number of ether oxygens (including phenoxy) is 1. The lowest BCUT2D eigenvalue weighted by molar-refractivity contribution is -0.00600. The topological polar surface area (TPSA) is 84.2 Å². The molecule has 1 N–H and O–H groups in total. The summed E-state index contributed by atoms with van der Waals surface area (Å²) in [4.78, 5) is 14.4. The van der Waals surface area contributed by atoms with Crippen molar-refractivity contribution >= 4 is 5.91 Å². The lowest BCUT2D eigenvalue weighted by Gasteiger charge is -2.34. The van der Waals surface area contributed by atoms with Crippen molar-refractivity contribution in [2.24, 2.45) is 0 Å². The second kappa shape index (κ2) is 5.69. The van der Waals surface area contributed by atoms with Crippen LogP contribution in [0, 0.1) is 6.92 Å². The molecule has 0 radical (unpaired) electrons. The number of morpholine rings is 1. The minimum absolute atomic E-state index is 0.162. The summed E-state index contributed by atoms with van der Waals surface area (Å²) in [5.74, 6) is 0.111. The first kappa shape index (κ1) is 13.8. The van der Waals surface area contributed by atoms with Crippen LogP contribution in [0.4, 0.5) is 0 Å². The van der Waals surface area contributed by atoms with Gasteiger partial charge in [-0.15, -0.1) is 0 Å². The number of nitrogens with one attached hydrogen (secondary N) is 1. The maximum Gasteiger partial charge on any atom is 0.293 e. The van der Waals surface area contributed by atoms with Gasteiger partial charge in [-0.2, -0.15) is 5.10 Å². The predicted molar refractivity (Wildman–Crippen MR) is 73.8 cm³/mol. The molecule has 7 nitrogen and oxygen atoms in total. The van der Waals surface area contributed by atoms with Crippen molar-refractivity contribution in [3.05, 3.63) is 35.0 Å². The molecule has 0 bridgehead atoms. The van der Waals surface area contributed by atoms with Crippen molar-refractivity contribution in [1.29, 1.82) is 0 Å². The van der Waals surface area contributed by atoms with Crippen molar-refractivity contribution < 1.29 is 14.1 Å². The van der Waals surface area contributed by atoms with Crippen LogP contribution in [0.2, 0.25) is 0 Å². The summed E-state index contributed by atoms with van der Waals surface area (Å²) in [7, 11) is 0. The Balaban J connectivity index is 1.87. The van der Waals surface area contributed by atoms with Crippen LogP contribution in [0.15, 0.2) is 16.8 Å². The Bertz CT molecular complexity index is 634. The number of carbonyl (C=O) groups excluding carboxylic acids is 1. The number of carbonyl (C=O) groups is 1. The zero-order valence-corrected chi connectivity index (χ0v) is 12.1. The molecule has 3 rings (SSSR count). The minimum Gasteiger partial charge on any atom is -0.377 e. The van der Waals surface area contributed by atoms with Crippen molar-refractivity contribution in [1.82, 2.24) is 20.3 Å². The van der Waals surface area contributed by atoms with Crippen LogP contribution in [0.25, 0.3) is 0 Å². The number of hydrogen-bond donors (Lipinski definition) is 1. The van der Waals surface area contributed by atoms with Gasteiger partial charge in [0.15, 0.2) is 0 Å². The monoisotopic (exact) mass is 290 g/mol. The number of rotatable bonds is 3. The van der Waals surface area contributed by atoms with Gasteiger partial charge in [-0.05, 0) is 18.9 Å². The Morgan fingerprint density at radius 2 is 2.43 bits per heavy atom. The largest absolute Gasteiger partial charge is 0.377 e. The number of aromatic nitrogens is 3. The molecule has 2 aromatic heterocycles. The van der Waals surface area contributed by atoms with E-state index in [-0.39, 0.29) is 17.7 Å². The second-order valence-corrected chi connectivity index (χ2v) is 5.09. The lowest BCUT2D eigenvalue weighted by Crippen LogP contribution is -2.43. The van der Waals surface area contributed by atoms with Gasteiger partial charge >= 0.3 is 0 Å². The average molecular weight is 290 g/mol. The van der Waals surface area contributed by atoms with Crippen LogP contribution in [-0.4, -0.2) is 45.9 Å². The van der Waals surface area contributed by atoms with Gasteiger partial charge in [0.1, 0.15) is 0 Å². The van der Waals surface area contributed by atoms with E-state index in [1.54, 1.807) is 17.2 Å². The molecule has 1 aliphatic rings. The Kier molecular flexibility index (Phi) is 3.74. The minimum atomic E-state index is -0.177. The molecule has 0 saturated carbocycles. The van der Waals surface area contributed by atoms with Gasteiger partial charge in [0, 0.05) is 12.6 Å². The SMILES string of the molecule is CCc1cc(C(=O)N2CCOC[C@H]2c2[nH]ncc2C)on1. The summed E-state index contributed by atoms with van der Waals surface area (Å²) in [6.45, 7) is 5.41. The average Bonchev–Trinajstić information content (AvgIpc) is 3.15. The summed E-state index contributed by atoms with van der Waals surface area (Å²) in [5, 5.41) is 10.9. The van der Waals surface area contributed by atoms with E-state index >= 15 is 0 Å². The fourth-order valence-electron chi connectivity index (χ4n) is 2.50. The number of nitrogens with zero attached hydrogens (tertiary/aromatic N) is 3. The summed E-state index contributed by atoms with van der Waals surface area (Å²) in [6, 6.07) is 1.53. The Morgan fingerprint density at radius 1 is 1.57 bits per heavy atom. The quantitative estimate of drug-likeness (QED) is 0.925. The molecule has 112 valence electrons. The second-order valence-electron chi connectivity index (χ2n) is 5.09. The lowest BCUT2D eigenvalue weighted by atomic mass is 10.1. The highest BCUT2D eigenvalue weighted by atomic mass is 16.5. The maximum absolute atomic E-state index is 12.6.